The quantitative estimate of drug-likeness (QED) is 0.671. The average Bonchev–Trinajstić information content (AvgIpc) is 3.41. The Bertz CT molecular complexity index is 1190. The van der Waals surface area contributed by atoms with Crippen LogP contribution in [0.3, 0.4) is 0 Å². The lowest BCUT2D eigenvalue weighted by molar-refractivity contribution is -0.177. The molecule has 178 valence electrons. The summed E-state index contributed by atoms with van der Waals surface area (Å²) in [7, 11) is 1.47. The van der Waals surface area contributed by atoms with Crippen LogP contribution in [-0.2, 0) is 20.7 Å². The highest BCUT2D eigenvalue weighted by atomic mass is 19.4. The van der Waals surface area contributed by atoms with Gasteiger partial charge in [0.05, 0.1) is 19.4 Å². The Morgan fingerprint density at radius 1 is 1.15 bits per heavy atom. The fraction of sp³-hybridized carbons (Fsp3) is 0.320. The molecule has 9 heteroatoms. The number of halogens is 3. The van der Waals surface area contributed by atoms with Crippen LogP contribution in [0.2, 0.25) is 0 Å². The molecular formula is C25H23F3N2O4. The SMILES string of the molecule is CCOC(=O)C1(NC(=O)C(F)(F)F)Cc2cc(OC)ccc2/C1=C1/CCN=C1c1ccccc1. The summed E-state index contributed by atoms with van der Waals surface area (Å²) in [5, 5.41) is 2.01. The Labute approximate surface area is 194 Å². The molecule has 1 N–H and O–H groups in total. The molecule has 34 heavy (non-hydrogen) atoms. The molecule has 0 fully saturated rings. The van der Waals surface area contributed by atoms with E-state index in [1.165, 1.54) is 7.11 Å². The smallest absolute Gasteiger partial charge is 0.471 e. The summed E-state index contributed by atoms with van der Waals surface area (Å²) in [4.78, 5) is 30.1. The first-order valence-electron chi connectivity index (χ1n) is 10.8. The van der Waals surface area contributed by atoms with Crippen molar-refractivity contribution in [3.63, 3.8) is 0 Å². The molecule has 1 atom stereocenters. The van der Waals surface area contributed by atoms with E-state index in [9.17, 15) is 22.8 Å². The van der Waals surface area contributed by atoms with Gasteiger partial charge in [0.1, 0.15) is 5.75 Å². The van der Waals surface area contributed by atoms with Crippen molar-refractivity contribution < 1.29 is 32.2 Å². The van der Waals surface area contributed by atoms with Crippen LogP contribution in [0.1, 0.15) is 30.0 Å². The largest absolute Gasteiger partial charge is 0.497 e. The van der Waals surface area contributed by atoms with Gasteiger partial charge in [0.25, 0.3) is 0 Å². The van der Waals surface area contributed by atoms with Crippen molar-refractivity contribution in [2.75, 3.05) is 20.3 Å². The van der Waals surface area contributed by atoms with Crippen LogP contribution in [0.4, 0.5) is 13.2 Å². The van der Waals surface area contributed by atoms with Crippen molar-refractivity contribution in [3.8, 4) is 5.75 Å². The lowest BCUT2D eigenvalue weighted by Crippen LogP contribution is -2.58. The van der Waals surface area contributed by atoms with Gasteiger partial charge in [-0.1, -0.05) is 36.4 Å². The Morgan fingerprint density at radius 2 is 1.88 bits per heavy atom. The fourth-order valence-corrected chi connectivity index (χ4v) is 4.56. The number of aliphatic imine (C=N–C) groups is 1. The first kappa shape index (κ1) is 23.5. The third kappa shape index (κ3) is 4.06. The van der Waals surface area contributed by atoms with Crippen LogP contribution < -0.4 is 10.1 Å². The Balaban J connectivity index is 1.99. The molecule has 0 aromatic heterocycles. The van der Waals surface area contributed by atoms with Crippen molar-refractivity contribution >= 4 is 23.2 Å². The highest BCUT2D eigenvalue weighted by molar-refractivity contribution is 6.21. The van der Waals surface area contributed by atoms with Crippen LogP contribution in [0.25, 0.3) is 5.57 Å². The molecule has 1 aliphatic carbocycles. The zero-order valence-corrected chi connectivity index (χ0v) is 18.7. The number of rotatable bonds is 5. The maximum absolute atomic E-state index is 13.4. The summed E-state index contributed by atoms with van der Waals surface area (Å²) >= 11 is 0. The van der Waals surface area contributed by atoms with Crippen LogP contribution >= 0.6 is 0 Å². The van der Waals surface area contributed by atoms with Crippen molar-refractivity contribution in [1.82, 2.24) is 5.32 Å². The molecule has 0 spiro atoms. The summed E-state index contributed by atoms with van der Waals surface area (Å²) in [5.41, 5.74) is 1.28. The first-order chi connectivity index (χ1) is 16.2. The van der Waals surface area contributed by atoms with E-state index in [2.05, 4.69) is 4.99 Å². The van der Waals surface area contributed by atoms with Gasteiger partial charge in [0.2, 0.25) is 0 Å². The number of hydrogen-bond donors (Lipinski definition) is 1. The van der Waals surface area contributed by atoms with Crippen molar-refractivity contribution in [2.24, 2.45) is 4.99 Å². The first-order valence-corrected chi connectivity index (χ1v) is 10.8. The molecular weight excluding hydrogens is 449 g/mol. The molecule has 0 saturated carbocycles. The third-order valence-electron chi connectivity index (χ3n) is 5.94. The van der Waals surface area contributed by atoms with Gasteiger partial charge in [-0.25, -0.2) is 4.79 Å². The third-order valence-corrected chi connectivity index (χ3v) is 5.94. The van der Waals surface area contributed by atoms with E-state index in [0.717, 1.165) is 5.56 Å². The topological polar surface area (TPSA) is 77.0 Å². The van der Waals surface area contributed by atoms with Gasteiger partial charge in [-0.2, -0.15) is 13.2 Å². The number of nitrogens with one attached hydrogen (secondary N) is 1. The number of carbonyl (C=O) groups excluding carboxylic acids is 2. The van der Waals surface area contributed by atoms with E-state index >= 15 is 0 Å². The molecule has 2 aromatic carbocycles. The summed E-state index contributed by atoms with van der Waals surface area (Å²) in [6.07, 6.45) is -5.00. The number of carbonyl (C=O) groups is 2. The van der Waals surface area contributed by atoms with Gasteiger partial charge in [-0.3, -0.25) is 9.79 Å². The molecule has 2 aromatic rings. The van der Waals surface area contributed by atoms with Gasteiger partial charge in [0.15, 0.2) is 5.54 Å². The molecule has 0 bridgehead atoms. The standard InChI is InChI=1S/C25H23F3N2O4/c1-3-34-23(32)24(30-22(31)25(26,27)28)14-16-13-17(33-2)9-10-18(16)20(24)19-11-12-29-21(19)15-7-5-4-6-8-15/h4-10,13H,3,11-12,14H2,1-2H3,(H,30,31)/b20-19+. The second kappa shape index (κ2) is 8.96. The van der Waals surface area contributed by atoms with Gasteiger partial charge in [-0.05, 0) is 47.7 Å². The predicted octanol–water partition coefficient (Wildman–Crippen LogP) is 3.88. The van der Waals surface area contributed by atoms with E-state index in [0.29, 0.717) is 41.1 Å². The van der Waals surface area contributed by atoms with Gasteiger partial charge in [-0.15, -0.1) is 0 Å². The number of amides is 1. The van der Waals surface area contributed by atoms with Gasteiger partial charge >= 0.3 is 18.1 Å². The summed E-state index contributed by atoms with van der Waals surface area (Å²) in [6.45, 7) is 1.90. The molecule has 6 nitrogen and oxygen atoms in total. The lowest BCUT2D eigenvalue weighted by Gasteiger charge is -2.31. The van der Waals surface area contributed by atoms with E-state index in [4.69, 9.17) is 9.47 Å². The molecule has 4 rings (SSSR count). The zero-order valence-electron chi connectivity index (χ0n) is 18.7. The minimum atomic E-state index is -5.19. The van der Waals surface area contributed by atoms with Gasteiger partial charge < -0.3 is 14.8 Å². The van der Waals surface area contributed by atoms with E-state index in [1.807, 2.05) is 35.6 Å². The number of fused-ring (bicyclic) bond motifs is 1. The van der Waals surface area contributed by atoms with Crippen molar-refractivity contribution in [1.29, 1.82) is 0 Å². The van der Waals surface area contributed by atoms with Crippen molar-refractivity contribution in [3.05, 3.63) is 70.8 Å². The second-order valence-electron chi connectivity index (χ2n) is 7.98. The molecule has 1 heterocycles. The van der Waals surface area contributed by atoms with Crippen LogP contribution in [0, 0.1) is 0 Å². The number of methoxy groups -OCH3 is 1. The van der Waals surface area contributed by atoms with Crippen LogP contribution in [-0.4, -0.2) is 49.6 Å². The maximum atomic E-state index is 13.4. The minimum absolute atomic E-state index is 0.0651. The zero-order chi connectivity index (χ0) is 24.5. The molecule has 2 aliphatic rings. The fourth-order valence-electron chi connectivity index (χ4n) is 4.56. The van der Waals surface area contributed by atoms with Crippen LogP contribution in [0.15, 0.2) is 59.1 Å². The number of hydrogen-bond acceptors (Lipinski definition) is 5. The average molecular weight is 472 g/mol. The normalized spacial score (nSPS) is 21.6. The number of nitrogens with zero attached hydrogens (tertiary/aromatic N) is 1. The van der Waals surface area contributed by atoms with E-state index in [-0.39, 0.29) is 18.6 Å². The Hall–Kier alpha value is -3.62. The minimum Gasteiger partial charge on any atom is -0.497 e. The van der Waals surface area contributed by atoms with E-state index in [1.54, 1.807) is 25.1 Å². The molecule has 0 saturated heterocycles. The van der Waals surface area contributed by atoms with Gasteiger partial charge in [0, 0.05) is 18.5 Å². The lowest BCUT2D eigenvalue weighted by atomic mass is 9.83. The Kier molecular flexibility index (Phi) is 6.20. The molecule has 1 unspecified atom stereocenters. The summed E-state index contributed by atoms with van der Waals surface area (Å²) < 4.78 is 50.7. The highest BCUT2D eigenvalue weighted by Crippen LogP contribution is 2.47. The number of esters is 1. The summed E-state index contributed by atoms with van der Waals surface area (Å²) in [6, 6.07) is 14.2. The van der Waals surface area contributed by atoms with Crippen LogP contribution in [0.5, 0.6) is 5.75 Å². The molecule has 1 aliphatic heterocycles. The predicted molar refractivity (Wildman–Crippen MR) is 120 cm³/mol. The second-order valence-corrected chi connectivity index (χ2v) is 7.98. The molecule has 0 radical (unpaired) electrons. The van der Waals surface area contributed by atoms with Crippen molar-refractivity contribution in [2.45, 2.75) is 31.5 Å². The number of ether oxygens (including phenoxy) is 2. The van der Waals surface area contributed by atoms with E-state index < -0.39 is 23.6 Å². The molecule has 1 amide bonds. The highest BCUT2D eigenvalue weighted by Gasteiger charge is 2.55. The Morgan fingerprint density at radius 3 is 2.53 bits per heavy atom. The number of alkyl halides is 3. The monoisotopic (exact) mass is 472 g/mol. The number of benzene rings is 2. The maximum Gasteiger partial charge on any atom is 0.471 e. The summed E-state index contributed by atoms with van der Waals surface area (Å²) in [5.74, 6) is -2.69.